The van der Waals surface area contributed by atoms with Crippen LogP contribution in [0.4, 0.5) is 0 Å². The summed E-state index contributed by atoms with van der Waals surface area (Å²) in [5.41, 5.74) is 2.46. The van der Waals surface area contributed by atoms with Crippen molar-refractivity contribution in [2.75, 3.05) is 14.2 Å². The first-order valence-corrected chi connectivity index (χ1v) is 8.00. The molecule has 1 aromatic rings. The molecule has 4 nitrogen and oxygen atoms in total. The average Bonchev–Trinajstić information content (AvgIpc) is 2.62. The topological polar surface area (TPSA) is 55.8 Å². The Morgan fingerprint density at radius 1 is 1.17 bits per heavy atom. The largest absolute Gasteiger partial charge is 0.507 e. The number of esters is 1. The minimum Gasteiger partial charge on any atom is -0.507 e. The molecule has 1 aromatic carbocycles. The number of benzene rings is 1. The van der Waals surface area contributed by atoms with Crippen LogP contribution in [0, 0.1) is 5.92 Å². The first-order valence-electron chi connectivity index (χ1n) is 8.00. The molecule has 4 heteroatoms. The zero-order valence-corrected chi connectivity index (χ0v) is 13.5. The van der Waals surface area contributed by atoms with Gasteiger partial charge in [-0.1, -0.05) is 18.2 Å². The molecule has 0 aromatic heterocycles. The van der Waals surface area contributed by atoms with E-state index in [-0.39, 0.29) is 17.6 Å². The van der Waals surface area contributed by atoms with Gasteiger partial charge in [-0.25, -0.2) is 4.79 Å². The van der Waals surface area contributed by atoms with E-state index in [0.717, 1.165) is 36.1 Å². The number of ether oxygens (including phenoxy) is 2. The van der Waals surface area contributed by atoms with E-state index in [1.807, 2.05) is 24.3 Å². The Labute approximate surface area is 136 Å². The summed E-state index contributed by atoms with van der Waals surface area (Å²) in [5, 5.41) is 10.5. The Bertz CT molecular complexity index is 654. The molecule has 23 heavy (non-hydrogen) atoms. The van der Waals surface area contributed by atoms with Crippen molar-refractivity contribution in [2.45, 2.75) is 31.6 Å². The summed E-state index contributed by atoms with van der Waals surface area (Å²) >= 11 is 0. The lowest BCUT2D eigenvalue weighted by atomic mass is 9.68. The molecule has 2 aliphatic carbocycles. The van der Waals surface area contributed by atoms with Gasteiger partial charge in [-0.15, -0.1) is 0 Å². The molecule has 0 spiro atoms. The van der Waals surface area contributed by atoms with Crippen molar-refractivity contribution in [2.24, 2.45) is 5.92 Å². The van der Waals surface area contributed by atoms with Crippen molar-refractivity contribution < 1.29 is 19.4 Å². The molecule has 0 amide bonds. The van der Waals surface area contributed by atoms with Gasteiger partial charge in [0.25, 0.3) is 0 Å². The predicted molar refractivity (Wildman–Crippen MR) is 87.4 cm³/mol. The van der Waals surface area contributed by atoms with Crippen LogP contribution in [0.15, 0.2) is 47.2 Å². The SMILES string of the molecule is COC(=O)C1=C(O)C2=CCCC[C@@H]2[C@@H](c2ccc(OC)cc2)C1. The second-order valence-electron chi connectivity index (χ2n) is 6.10. The number of rotatable bonds is 3. The molecule has 0 saturated carbocycles. The predicted octanol–water partition coefficient (Wildman–Crippen LogP) is 3.89. The summed E-state index contributed by atoms with van der Waals surface area (Å²) in [6.45, 7) is 0. The first-order chi connectivity index (χ1) is 11.2. The number of carbonyl (C=O) groups is 1. The molecule has 0 bridgehead atoms. The third-order valence-electron chi connectivity index (χ3n) is 4.93. The molecule has 0 saturated heterocycles. The van der Waals surface area contributed by atoms with Gasteiger partial charge in [0.15, 0.2) is 0 Å². The van der Waals surface area contributed by atoms with Gasteiger partial charge < -0.3 is 14.6 Å². The normalized spacial score (nSPS) is 23.8. The van der Waals surface area contributed by atoms with Gasteiger partial charge in [0.2, 0.25) is 0 Å². The average molecular weight is 314 g/mol. The maximum absolute atomic E-state index is 12.0. The number of aliphatic hydroxyl groups excluding tert-OH is 1. The molecule has 0 heterocycles. The molecular weight excluding hydrogens is 292 g/mol. The quantitative estimate of drug-likeness (QED) is 0.860. The Hall–Kier alpha value is -2.23. The minimum absolute atomic E-state index is 0.131. The van der Waals surface area contributed by atoms with Gasteiger partial charge in [-0.05, 0) is 60.8 Å². The Morgan fingerprint density at radius 3 is 2.57 bits per heavy atom. The van der Waals surface area contributed by atoms with Crippen LogP contribution in [0.2, 0.25) is 0 Å². The molecule has 0 aliphatic heterocycles. The highest BCUT2D eigenvalue weighted by atomic mass is 16.5. The molecule has 0 fully saturated rings. The monoisotopic (exact) mass is 314 g/mol. The van der Waals surface area contributed by atoms with Crippen molar-refractivity contribution in [3.63, 3.8) is 0 Å². The lowest BCUT2D eigenvalue weighted by Gasteiger charge is -2.36. The van der Waals surface area contributed by atoms with E-state index in [1.165, 1.54) is 7.11 Å². The fraction of sp³-hybridized carbons (Fsp3) is 0.421. The van der Waals surface area contributed by atoms with Crippen LogP contribution in [-0.4, -0.2) is 25.3 Å². The Morgan fingerprint density at radius 2 is 1.91 bits per heavy atom. The highest BCUT2D eigenvalue weighted by molar-refractivity contribution is 5.90. The van der Waals surface area contributed by atoms with Gasteiger partial charge in [0.05, 0.1) is 19.8 Å². The first kappa shape index (κ1) is 15.7. The second-order valence-corrected chi connectivity index (χ2v) is 6.10. The molecule has 2 aliphatic rings. The van der Waals surface area contributed by atoms with E-state index in [4.69, 9.17) is 9.47 Å². The van der Waals surface area contributed by atoms with Crippen LogP contribution >= 0.6 is 0 Å². The lowest BCUT2D eigenvalue weighted by Crippen LogP contribution is -2.27. The standard InChI is InChI=1S/C19H22O4/c1-22-13-9-7-12(8-10-13)16-11-17(19(21)23-2)18(20)15-6-4-3-5-14(15)16/h6-10,14,16,20H,3-5,11H2,1-2H3/t14-,16+/m0/s1. The zero-order valence-electron chi connectivity index (χ0n) is 13.5. The van der Waals surface area contributed by atoms with Crippen molar-refractivity contribution in [3.8, 4) is 5.75 Å². The van der Waals surface area contributed by atoms with Gasteiger partial charge in [0, 0.05) is 0 Å². The second kappa shape index (κ2) is 6.49. The fourth-order valence-electron chi connectivity index (χ4n) is 3.73. The lowest BCUT2D eigenvalue weighted by molar-refractivity contribution is -0.136. The van der Waals surface area contributed by atoms with Gasteiger partial charge in [-0.2, -0.15) is 0 Å². The van der Waals surface area contributed by atoms with Crippen molar-refractivity contribution in [1.29, 1.82) is 0 Å². The summed E-state index contributed by atoms with van der Waals surface area (Å²) in [6, 6.07) is 7.98. The number of allylic oxidation sites excluding steroid dienone is 2. The molecule has 0 unspecified atom stereocenters. The summed E-state index contributed by atoms with van der Waals surface area (Å²) in [7, 11) is 3.00. The van der Waals surface area contributed by atoms with E-state index < -0.39 is 5.97 Å². The summed E-state index contributed by atoms with van der Waals surface area (Å²) in [4.78, 5) is 12.0. The van der Waals surface area contributed by atoms with Crippen LogP contribution in [-0.2, 0) is 9.53 Å². The summed E-state index contributed by atoms with van der Waals surface area (Å²) in [5.74, 6) is 0.941. The van der Waals surface area contributed by atoms with Gasteiger partial charge in [0.1, 0.15) is 11.5 Å². The number of hydrogen-bond acceptors (Lipinski definition) is 4. The molecule has 0 radical (unpaired) electrons. The zero-order chi connectivity index (χ0) is 16.4. The van der Waals surface area contributed by atoms with E-state index in [9.17, 15) is 9.90 Å². The molecule has 3 rings (SSSR count). The minimum atomic E-state index is -0.439. The van der Waals surface area contributed by atoms with E-state index >= 15 is 0 Å². The van der Waals surface area contributed by atoms with E-state index in [2.05, 4.69) is 6.08 Å². The number of methoxy groups -OCH3 is 2. The van der Waals surface area contributed by atoms with Crippen LogP contribution in [0.3, 0.4) is 0 Å². The van der Waals surface area contributed by atoms with Gasteiger partial charge in [-0.3, -0.25) is 0 Å². The smallest absolute Gasteiger partial charge is 0.337 e. The Balaban J connectivity index is 2.01. The van der Waals surface area contributed by atoms with Crippen molar-refractivity contribution >= 4 is 5.97 Å². The molecule has 1 N–H and O–H groups in total. The van der Waals surface area contributed by atoms with Crippen LogP contribution < -0.4 is 4.74 Å². The van der Waals surface area contributed by atoms with Crippen molar-refractivity contribution in [3.05, 3.63) is 52.8 Å². The fourth-order valence-corrected chi connectivity index (χ4v) is 3.73. The molecule has 2 atom stereocenters. The molecular formula is C19H22O4. The number of fused-ring (bicyclic) bond motifs is 1. The maximum Gasteiger partial charge on any atom is 0.337 e. The highest BCUT2D eigenvalue weighted by Crippen LogP contribution is 2.47. The highest BCUT2D eigenvalue weighted by Gasteiger charge is 2.38. The summed E-state index contributed by atoms with van der Waals surface area (Å²) < 4.78 is 10.1. The summed E-state index contributed by atoms with van der Waals surface area (Å²) in [6.07, 6.45) is 5.66. The van der Waals surface area contributed by atoms with E-state index in [1.54, 1.807) is 7.11 Å². The van der Waals surface area contributed by atoms with Crippen LogP contribution in [0.1, 0.15) is 37.2 Å². The third kappa shape index (κ3) is 2.85. The Kier molecular flexibility index (Phi) is 4.42. The van der Waals surface area contributed by atoms with E-state index in [0.29, 0.717) is 12.0 Å². The molecule has 122 valence electrons. The third-order valence-corrected chi connectivity index (χ3v) is 4.93. The number of hydrogen-bond donors (Lipinski definition) is 1. The van der Waals surface area contributed by atoms with Crippen LogP contribution in [0.5, 0.6) is 5.75 Å². The van der Waals surface area contributed by atoms with Crippen LogP contribution in [0.25, 0.3) is 0 Å². The van der Waals surface area contributed by atoms with Gasteiger partial charge >= 0.3 is 5.97 Å². The number of aliphatic hydroxyl groups is 1. The maximum atomic E-state index is 12.0. The number of carbonyl (C=O) groups excluding carboxylic acids is 1. The van der Waals surface area contributed by atoms with Crippen molar-refractivity contribution in [1.82, 2.24) is 0 Å².